The second-order valence-corrected chi connectivity index (χ2v) is 11.5. The average molecular weight is 556 g/mol. The molecule has 9 rings (SSSR count). The molecular weight excluding hydrogens is 534 g/mol. The fourth-order valence-corrected chi connectivity index (χ4v) is 7.16. The largest absolute Gasteiger partial charge is 0.456 e. The van der Waals surface area contributed by atoms with Gasteiger partial charge in [0.15, 0.2) is 17.5 Å². The summed E-state index contributed by atoms with van der Waals surface area (Å²) in [5.74, 6) is 3.73. The molecule has 1 aliphatic rings. The van der Waals surface area contributed by atoms with Crippen LogP contribution in [-0.4, -0.2) is 15.0 Å². The summed E-state index contributed by atoms with van der Waals surface area (Å²) in [4.78, 5) is 14.9. The van der Waals surface area contributed by atoms with Gasteiger partial charge in [-0.15, -0.1) is 11.3 Å². The zero-order valence-electron chi connectivity index (χ0n) is 22.3. The van der Waals surface area contributed by atoms with Crippen LogP contribution in [0.3, 0.4) is 0 Å². The zero-order chi connectivity index (χ0) is 27.6. The molecule has 0 atom stereocenters. The Balaban J connectivity index is 1.27. The molecule has 6 aromatic carbocycles. The van der Waals surface area contributed by atoms with Gasteiger partial charge in [-0.1, -0.05) is 103 Å². The first kappa shape index (κ1) is 23.3. The van der Waals surface area contributed by atoms with Gasteiger partial charge in [-0.2, -0.15) is 0 Å². The number of benzene rings is 6. The van der Waals surface area contributed by atoms with Gasteiger partial charge in [-0.25, -0.2) is 15.0 Å². The number of hydrogen-bond acceptors (Lipinski definition) is 5. The van der Waals surface area contributed by atoms with Crippen LogP contribution in [0.5, 0.6) is 11.5 Å². The molecule has 8 aromatic rings. The van der Waals surface area contributed by atoms with Gasteiger partial charge < -0.3 is 4.74 Å². The lowest BCUT2D eigenvalue weighted by Gasteiger charge is -2.18. The number of nitrogens with zero attached hydrogens (tertiary/aromatic N) is 3. The molecular formula is C37H21N3OS. The van der Waals surface area contributed by atoms with E-state index >= 15 is 0 Å². The number of hydrogen-bond donors (Lipinski definition) is 0. The van der Waals surface area contributed by atoms with Crippen molar-refractivity contribution < 1.29 is 4.74 Å². The van der Waals surface area contributed by atoms with Gasteiger partial charge in [-0.05, 0) is 40.8 Å². The molecule has 1 aliphatic heterocycles. The molecule has 0 fully saturated rings. The van der Waals surface area contributed by atoms with E-state index in [9.17, 15) is 0 Å². The fourth-order valence-electron chi connectivity index (χ4n) is 5.99. The smallest absolute Gasteiger partial charge is 0.164 e. The molecule has 0 amide bonds. The Morgan fingerprint density at radius 1 is 0.429 bits per heavy atom. The quantitative estimate of drug-likeness (QED) is 0.217. The normalized spacial score (nSPS) is 12.0. The van der Waals surface area contributed by atoms with E-state index in [-0.39, 0.29) is 0 Å². The third kappa shape index (κ3) is 3.57. The highest BCUT2D eigenvalue weighted by molar-refractivity contribution is 7.26. The Morgan fingerprint density at radius 2 is 1.10 bits per heavy atom. The van der Waals surface area contributed by atoms with Crippen molar-refractivity contribution in [2.75, 3.05) is 0 Å². The Hall–Kier alpha value is -5.39. The van der Waals surface area contributed by atoms with E-state index < -0.39 is 0 Å². The Bertz CT molecular complexity index is 2270. The SMILES string of the molecule is c1ccc(-c2nc(-c3ccccc3)nc(-c3ccccc3-c3cc4c5c(c3)sc3ccc6cccc(c6c35)O4)n2)cc1. The lowest BCUT2D eigenvalue weighted by Crippen LogP contribution is -2.01. The summed E-state index contributed by atoms with van der Waals surface area (Å²) in [7, 11) is 0. The van der Waals surface area contributed by atoms with Crippen molar-refractivity contribution in [3.63, 3.8) is 0 Å². The van der Waals surface area contributed by atoms with Gasteiger partial charge in [0.25, 0.3) is 0 Å². The Kier molecular flexibility index (Phi) is 5.03. The minimum absolute atomic E-state index is 0.636. The molecule has 0 radical (unpaired) electrons. The van der Waals surface area contributed by atoms with Crippen molar-refractivity contribution in [1.82, 2.24) is 15.0 Å². The molecule has 3 heterocycles. The van der Waals surface area contributed by atoms with E-state index in [0.29, 0.717) is 17.5 Å². The van der Waals surface area contributed by atoms with Crippen molar-refractivity contribution in [3.05, 3.63) is 127 Å². The minimum atomic E-state index is 0.636. The van der Waals surface area contributed by atoms with Crippen LogP contribution in [-0.2, 0) is 0 Å². The average Bonchev–Trinajstić information content (AvgIpc) is 3.45. The second-order valence-electron chi connectivity index (χ2n) is 10.4. The molecule has 196 valence electrons. The number of thiophene rings is 1. The van der Waals surface area contributed by atoms with Gasteiger partial charge in [0.1, 0.15) is 11.5 Å². The predicted molar refractivity (Wildman–Crippen MR) is 172 cm³/mol. The first-order valence-corrected chi connectivity index (χ1v) is 14.7. The highest BCUT2D eigenvalue weighted by Crippen LogP contribution is 2.51. The van der Waals surface area contributed by atoms with E-state index in [1.807, 2.05) is 78.1 Å². The molecule has 0 spiro atoms. The summed E-state index contributed by atoms with van der Waals surface area (Å²) in [6.45, 7) is 0. The van der Waals surface area contributed by atoms with Crippen LogP contribution < -0.4 is 4.74 Å². The predicted octanol–water partition coefficient (Wildman–Crippen LogP) is 10.2. The maximum Gasteiger partial charge on any atom is 0.164 e. The molecule has 5 heteroatoms. The third-order valence-corrected chi connectivity index (χ3v) is 9.01. The van der Waals surface area contributed by atoms with Gasteiger partial charge in [-0.3, -0.25) is 0 Å². The van der Waals surface area contributed by atoms with Crippen molar-refractivity contribution >= 4 is 42.3 Å². The lowest BCUT2D eigenvalue weighted by atomic mass is 9.95. The fraction of sp³-hybridized carbons (Fsp3) is 0. The van der Waals surface area contributed by atoms with Crippen LogP contribution in [0.15, 0.2) is 127 Å². The second kappa shape index (κ2) is 9.06. The molecule has 0 N–H and O–H groups in total. The van der Waals surface area contributed by atoms with E-state index in [4.69, 9.17) is 19.7 Å². The zero-order valence-corrected chi connectivity index (χ0v) is 23.1. The maximum absolute atomic E-state index is 6.57. The molecule has 0 unspecified atom stereocenters. The Morgan fingerprint density at radius 3 is 1.83 bits per heavy atom. The summed E-state index contributed by atoms with van der Waals surface area (Å²) in [5, 5.41) is 4.90. The maximum atomic E-state index is 6.57. The number of aromatic nitrogens is 3. The van der Waals surface area contributed by atoms with Crippen molar-refractivity contribution in [3.8, 4) is 56.8 Å². The molecule has 0 aliphatic carbocycles. The van der Waals surface area contributed by atoms with Crippen molar-refractivity contribution in [1.29, 1.82) is 0 Å². The van der Waals surface area contributed by atoms with Crippen molar-refractivity contribution in [2.24, 2.45) is 0 Å². The van der Waals surface area contributed by atoms with Crippen LogP contribution in [0.1, 0.15) is 0 Å². The standard InChI is InChI=1S/C37H21N3OS/c1-3-10-23(11-4-1)35-38-36(24-12-5-2-6-13-24)40-37(39-35)27-16-8-7-15-26(27)25-20-29-33-31(21-25)42-30-19-18-22-14-9-17-28(41-29)32(22)34(30)33/h1-21H. The summed E-state index contributed by atoms with van der Waals surface area (Å²) < 4.78 is 9.05. The molecule has 42 heavy (non-hydrogen) atoms. The summed E-state index contributed by atoms with van der Waals surface area (Å²) in [6.07, 6.45) is 0. The van der Waals surface area contributed by atoms with E-state index in [1.54, 1.807) is 0 Å². The van der Waals surface area contributed by atoms with E-state index in [2.05, 4.69) is 60.7 Å². The minimum Gasteiger partial charge on any atom is -0.456 e. The van der Waals surface area contributed by atoms with Crippen LogP contribution >= 0.6 is 11.3 Å². The summed E-state index contributed by atoms with van der Waals surface area (Å²) >= 11 is 1.81. The van der Waals surface area contributed by atoms with Gasteiger partial charge in [0.2, 0.25) is 0 Å². The highest BCUT2D eigenvalue weighted by Gasteiger charge is 2.23. The molecule has 0 saturated carbocycles. The van der Waals surface area contributed by atoms with Crippen LogP contribution in [0.2, 0.25) is 0 Å². The summed E-state index contributed by atoms with van der Waals surface area (Å²) in [5.41, 5.74) is 4.96. The van der Waals surface area contributed by atoms with E-state index in [0.717, 1.165) is 39.3 Å². The first-order valence-electron chi connectivity index (χ1n) is 13.9. The topological polar surface area (TPSA) is 47.9 Å². The number of rotatable bonds is 4. The van der Waals surface area contributed by atoms with Crippen LogP contribution in [0, 0.1) is 0 Å². The van der Waals surface area contributed by atoms with Gasteiger partial charge >= 0.3 is 0 Å². The number of ether oxygens (including phenoxy) is 1. The van der Waals surface area contributed by atoms with E-state index in [1.165, 1.54) is 30.9 Å². The third-order valence-electron chi connectivity index (χ3n) is 7.90. The van der Waals surface area contributed by atoms with Gasteiger partial charge in [0.05, 0.1) is 0 Å². The Labute approximate surface area is 245 Å². The first-order chi connectivity index (χ1) is 20.8. The molecule has 2 aromatic heterocycles. The van der Waals surface area contributed by atoms with Crippen LogP contribution in [0.4, 0.5) is 0 Å². The molecule has 0 bridgehead atoms. The monoisotopic (exact) mass is 555 g/mol. The van der Waals surface area contributed by atoms with Crippen LogP contribution in [0.25, 0.3) is 76.2 Å². The van der Waals surface area contributed by atoms with Crippen molar-refractivity contribution in [2.45, 2.75) is 0 Å². The summed E-state index contributed by atoms with van der Waals surface area (Å²) in [6, 6.07) is 43.7. The van der Waals surface area contributed by atoms with Gasteiger partial charge in [0, 0.05) is 42.2 Å². The highest BCUT2D eigenvalue weighted by atomic mass is 32.1. The lowest BCUT2D eigenvalue weighted by molar-refractivity contribution is 0.493. The molecule has 0 saturated heterocycles. The molecule has 4 nitrogen and oxygen atoms in total.